The molecule has 0 saturated carbocycles. The smallest absolute Gasteiger partial charge is 0.270 e. The van der Waals surface area contributed by atoms with Gasteiger partial charge in [0.15, 0.2) is 17.5 Å². The van der Waals surface area contributed by atoms with Crippen LogP contribution in [0.25, 0.3) is 0 Å². The number of amides is 1. The Balaban J connectivity index is 2.33. The lowest BCUT2D eigenvalue weighted by atomic mass is 10.2. The van der Waals surface area contributed by atoms with Crippen molar-refractivity contribution in [2.45, 2.75) is 25.2 Å². The summed E-state index contributed by atoms with van der Waals surface area (Å²) in [6, 6.07) is 4.72. The van der Waals surface area contributed by atoms with Crippen LogP contribution in [0.2, 0.25) is 0 Å². The molecule has 1 N–H and O–H groups in total. The van der Waals surface area contributed by atoms with E-state index in [0.29, 0.717) is 12.5 Å². The summed E-state index contributed by atoms with van der Waals surface area (Å²) in [6.45, 7) is 2.21. The summed E-state index contributed by atoms with van der Waals surface area (Å²) >= 11 is 0. The zero-order chi connectivity index (χ0) is 22.6. The van der Waals surface area contributed by atoms with Gasteiger partial charge in [-0.05, 0) is 31.0 Å². The molecule has 0 saturated heterocycles. The first-order chi connectivity index (χ1) is 14.0. The number of sulfonamides is 1. The predicted molar refractivity (Wildman–Crippen MR) is 102 cm³/mol. The molecule has 8 nitrogen and oxygen atoms in total. The molecule has 2 aromatic rings. The molecular formula is C18H18F3N3O5S. The maximum absolute atomic E-state index is 13.8. The van der Waals surface area contributed by atoms with E-state index in [9.17, 15) is 36.5 Å². The Bertz CT molecular complexity index is 1090. The van der Waals surface area contributed by atoms with E-state index < -0.39 is 56.2 Å². The van der Waals surface area contributed by atoms with Crippen molar-refractivity contribution >= 4 is 27.3 Å². The molecule has 0 bridgehead atoms. The Kier molecular flexibility index (Phi) is 7.16. The van der Waals surface area contributed by atoms with E-state index in [4.69, 9.17) is 0 Å². The third-order valence-electron chi connectivity index (χ3n) is 4.10. The van der Waals surface area contributed by atoms with Crippen LogP contribution in [0.5, 0.6) is 0 Å². The monoisotopic (exact) mass is 445 g/mol. The quantitative estimate of drug-likeness (QED) is 0.381. The van der Waals surface area contributed by atoms with Crippen LogP contribution >= 0.6 is 0 Å². The first-order valence-electron chi connectivity index (χ1n) is 8.67. The van der Waals surface area contributed by atoms with Gasteiger partial charge in [-0.2, -0.15) is 4.31 Å². The molecule has 0 fully saturated rings. The van der Waals surface area contributed by atoms with Crippen LogP contribution in [-0.4, -0.2) is 36.6 Å². The number of nitrogens with one attached hydrogen (secondary N) is 1. The molecule has 0 aliphatic heterocycles. The fraction of sp³-hybridized carbons (Fsp3) is 0.278. The van der Waals surface area contributed by atoms with Gasteiger partial charge < -0.3 is 5.32 Å². The first kappa shape index (κ1) is 23.3. The SMILES string of the molecule is CCCN(CC(=O)Nc1ccc(F)c(F)c1F)S(=O)(=O)c1cc([N+](=O)[O-])ccc1C. The predicted octanol–water partition coefficient (Wildman–Crippen LogP) is 3.36. The number of benzene rings is 2. The third kappa shape index (κ3) is 4.94. The highest BCUT2D eigenvalue weighted by Crippen LogP contribution is 2.25. The average Bonchev–Trinajstić information content (AvgIpc) is 2.68. The molecule has 0 spiro atoms. The minimum atomic E-state index is -4.32. The summed E-state index contributed by atoms with van der Waals surface area (Å²) in [5, 5.41) is 13.0. The van der Waals surface area contributed by atoms with Crippen molar-refractivity contribution in [3.63, 3.8) is 0 Å². The van der Waals surface area contributed by atoms with Crippen molar-refractivity contribution in [3.8, 4) is 0 Å². The highest BCUT2D eigenvalue weighted by molar-refractivity contribution is 7.89. The van der Waals surface area contributed by atoms with Gasteiger partial charge in [-0.25, -0.2) is 21.6 Å². The van der Waals surface area contributed by atoms with Crippen molar-refractivity contribution in [1.29, 1.82) is 0 Å². The Labute approximate surface area is 170 Å². The molecule has 0 aromatic heterocycles. The number of anilines is 1. The second-order valence-electron chi connectivity index (χ2n) is 6.32. The Morgan fingerprint density at radius 2 is 1.83 bits per heavy atom. The average molecular weight is 445 g/mol. The molecular weight excluding hydrogens is 427 g/mol. The summed E-state index contributed by atoms with van der Waals surface area (Å²) in [5.41, 5.74) is -0.864. The van der Waals surface area contributed by atoms with Crippen LogP contribution < -0.4 is 5.32 Å². The first-order valence-corrected chi connectivity index (χ1v) is 10.1. The number of carbonyl (C=O) groups is 1. The molecule has 30 heavy (non-hydrogen) atoms. The van der Waals surface area contributed by atoms with Crippen LogP contribution in [0.1, 0.15) is 18.9 Å². The topological polar surface area (TPSA) is 110 Å². The second-order valence-corrected chi connectivity index (χ2v) is 8.22. The van der Waals surface area contributed by atoms with Crippen molar-refractivity contribution in [1.82, 2.24) is 4.31 Å². The Morgan fingerprint density at radius 3 is 2.43 bits per heavy atom. The van der Waals surface area contributed by atoms with E-state index in [0.717, 1.165) is 22.5 Å². The summed E-state index contributed by atoms with van der Waals surface area (Å²) in [6.07, 6.45) is 0.306. The normalized spacial score (nSPS) is 11.5. The summed E-state index contributed by atoms with van der Waals surface area (Å²) in [4.78, 5) is 22.2. The zero-order valence-corrected chi connectivity index (χ0v) is 16.8. The summed E-state index contributed by atoms with van der Waals surface area (Å²) < 4.78 is 66.9. The van der Waals surface area contributed by atoms with Gasteiger partial charge in [-0.1, -0.05) is 13.0 Å². The molecule has 1 amide bonds. The number of carbonyl (C=O) groups excluding carboxylic acids is 1. The molecule has 0 heterocycles. The number of aryl methyl sites for hydroxylation is 1. The summed E-state index contributed by atoms with van der Waals surface area (Å²) in [5.74, 6) is -5.84. The largest absolute Gasteiger partial charge is 0.322 e. The van der Waals surface area contributed by atoms with Gasteiger partial charge >= 0.3 is 0 Å². The number of hydrogen-bond acceptors (Lipinski definition) is 5. The van der Waals surface area contributed by atoms with Crippen molar-refractivity contribution in [2.24, 2.45) is 0 Å². The molecule has 0 aliphatic carbocycles. The van der Waals surface area contributed by atoms with E-state index in [2.05, 4.69) is 0 Å². The van der Waals surface area contributed by atoms with Crippen LogP contribution in [0, 0.1) is 34.5 Å². The van der Waals surface area contributed by atoms with Gasteiger partial charge in [0, 0.05) is 18.7 Å². The standard InChI is InChI=1S/C18H18F3N3O5S/c1-3-8-23(10-16(25)22-14-7-6-13(19)17(20)18(14)21)30(28,29)15-9-12(24(26)27)5-4-11(15)2/h4-7,9H,3,8,10H2,1-2H3,(H,22,25). The minimum absolute atomic E-state index is 0.113. The van der Waals surface area contributed by atoms with Gasteiger partial charge in [0.25, 0.3) is 5.69 Å². The van der Waals surface area contributed by atoms with E-state index in [1.54, 1.807) is 6.92 Å². The second kappa shape index (κ2) is 9.22. The highest BCUT2D eigenvalue weighted by atomic mass is 32.2. The molecule has 0 aliphatic rings. The third-order valence-corrected chi connectivity index (χ3v) is 6.09. The van der Waals surface area contributed by atoms with Crippen LogP contribution in [0.3, 0.4) is 0 Å². The number of nitro benzene ring substituents is 1. The number of halogens is 3. The van der Waals surface area contributed by atoms with E-state index >= 15 is 0 Å². The van der Waals surface area contributed by atoms with Crippen molar-refractivity contribution in [3.05, 3.63) is 63.5 Å². The molecule has 2 rings (SSSR count). The number of nitrogens with zero attached hydrogens (tertiary/aromatic N) is 2. The van der Waals surface area contributed by atoms with Gasteiger partial charge in [-0.3, -0.25) is 14.9 Å². The molecule has 0 atom stereocenters. The van der Waals surface area contributed by atoms with E-state index in [-0.39, 0.29) is 17.0 Å². The maximum Gasteiger partial charge on any atom is 0.270 e. The fourth-order valence-electron chi connectivity index (χ4n) is 2.63. The Morgan fingerprint density at radius 1 is 1.17 bits per heavy atom. The number of rotatable bonds is 8. The maximum atomic E-state index is 13.8. The van der Waals surface area contributed by atoms with E-state index in [1.807, 2.05) is 5.32 Å². The van der Waals surface area contributed by atoms with Crippen LogP contribution in [0.4, 0.5) is 24.5 Å². The van der Waals surface area contributed by atoms with Gasteiger partial charge in [0.2, 0.25) is 15.9 Å². The molecule has 162 valence electrons. The lowest BCUT2D eigenvalue weighted by Crippen LogP contribution is -2.39. The summed E-state index contributed by atoms with van der Waals surface area (Å²) in [7, 11) is -4.32. The zero-order valence-electron chi connectivity index (χ0n) is 16.0. The van der Waals surface area contributed by atoms with Gasteiger partial charge in [0.1, 0.15) is 0 Å². The molecule has 0 unspecified atom stereocenters. The lowest BCUT2D eigenvalue weighted by Gasteiger charge is -2.22. The van der Waals surface area contributed by atoms with Crippen molar-refractivity contribution in [2.75, 3.05) is 18.4 Å². The van der Waals surface area contributed by atoms with Crippen LogP contribution in [-0.2, 0) is 14.8 Å². The number of hydrogen-bond donors (Lipinski definition) is 1. The number of nitro groups is 1. The van der Waals surface area contributed by atoms with Gasteiger partial charge in [-0.15, -0.1) is 0 Å². The molecule has 0 radical (unpaired) electrons. The number of non-ortho nitro benzene ring substituents is 1. The minimum Gasteiger partial charge on any atom is -0.322 e. The molecule has 12 heteroatoms. The molecule has 2 aromatic carbocycles. The fourth-order valence-corrected chi connectivity index (χ4v) is 4.36. The highest BCUT2D eigenvalue weighted by Gasteiger charge is 2.29. The Hall–Kier alpha value is -2.99. The van der Waals surface area contributed by atoms with Crippen molar-refractivity contribution < 1.29 is 31.3 Å². The lowest BCUT2D eigenvalue weighted by molar-refractivity contribution is -0.385. The van der Waals surface area contributed by atoms with Gasteiger partial charge in [0.05, 0.1) is 22.1 Å². The van der Waals surface area contributed by atoms with E-state index in [1.165, 1.54) is 13.0 Å². The van der Waals surface area contributed by atoms with Crippen LogP contribution in [0.15, 0.2) is 35.2 Å².